The molecule has 0 aliphatic carbocycles. The summed E-state index contributed by atoms with van der Waals surface area (Å²) < 4.78 is 9.66. The summed E-state index contributed by atoms with van der Waals surface area (Å²) in [6.45, 7) is 0. The molecular formula is C8H13N5O3. The van der Waals surface area contributed by atoms with Crippen molar-refractivity contribution >= 4 is 12.0 Å². The molecule has 2 amide bonds. The number of methoxy groups -OCH3 is 2. The van der Waals surface area contributed by atoms with Crippen LogP contribution in [0.25, 0.3) is 0 Å². The van der Waals surface area contributed by atoms with Gasteiger partial charge in [-0.15, -0.1) is 4.98 Å². The number of rotatable bonds is 3. The maximum atomic E-state index is 11.3. The van der Waals surface area contributed by atoms with Crippen molar-refractivity contribution in [1.29, 1.82) is 0 Å². The molecule has 0 saturated heterocycles. The quantitative estimate of drug-likeness (QED) is 0.780. The van der Waals surface area contributed by atoms with Gasteiger partial charge in [-0.05, 0) is 0 Å². The first-order valence-corrected chi connectivity index (χ1v) is 4.39. The van der Waals surface area contributed by atoms with E-state index in [9.17, 15) is 4.79 Å². The molecular weight excluding hydrogens is 214 g/mol. The Morgan fingerprint density at radius 1 is 1.12 bits per heavy atom. The van der Waals surface area contributed by atoms with Crippen molar-refractivity contribution < 1.29 is 14.3 Å². The molecule has 0 spiro atoms. The molecule has 1 heterocycles. The lowest BCUT2D eigenvalue weighted by molar-refractivity contribution is 0.230. The largest absolute Gasteiger partial charge is 0.467 e. The summed E-state index contributed by atoms with van der Waals surface area (Å²) in [5, 5.41) is 2.46. The molecule has 8 heteroatoms. The van der Waals surface area contributed by atoms with E-state index in [1.165, 1.54) is 19.1 Å². The first-order valence-electron chi connectivity index (χ1n) is 4.39. The van der Waals surface area contributed by atoms with Crippen LogP contribution in [0.15, 0.2) is 0 Å². The molecule has 0 fully saturated rings. The second-order valence-electron chi connectivity index (χ2n) is 2.96. The van der Waals surface area contributed by atoms with E-state index in [0.29, 0.717) is 0 Å². The van der Waals surface area contributed by atoms with E-state index < -0.39 is 0 Å². The average Bonchev–Trinajstić information content (AvgIpc) is 2.28. The van der Waals surface area contributed by atoms with Gasteiger partial charge in [-0.1, -0.05) is 0 Å². The van der Waals surface area contributed by atoms with Crippen LogP contribution in [-0.2, 0) is 0 Å². The SMILES string of the molecule is COc1nc(NC(=O)N(C)C)nc(OC)n1. The molecule has 16 heavy (non-hydrogen) atoms. The molecule has 0 radical (unpaired) electrons. The van der Waals surface area contributed by atoms with Crippen molar-refractivity contribution in [2.45, 2.75) is 0 Å². The van der Waals surface area contributed by atoms with Gasteiger partial charge in [-0.2, -0.15) is 9.97 Å². The lowest BCUT2D eigenvalue weighted by atomic mass is 10.7. The Hall–Kier alpha value is -2.12. The van der Waals surface area contributed by atoms with E-state index in [2.05, 4.69) is 20.3 Å². The summed E-state index contributed by atoms with van der Waals surface area (Å²) >= 11 is 0. The molecule has 1 rings (SSSR count). The van der Waals surface area contributed by atoms with Crippen LogP contribution in [0.2, 0.25) is 0 Å². The Morgan fingerprint density at radius 3 is 2.00 bits per heavy atom. The van der Waals surface area contributed by atoms with Gasteiger partial charge < -0.3 is 14.4 Å². The molecule has 0 atom stereocenters. The number of carbonyl (C=O) groups is 1. The van der Waals surface area contributed by atoms with Gasteiger partial charge in [0.25, 0.3) is 0 Å². The number of amides is 2. The van der Waals surface area contributed by atoms with Crippen LogP contribution >= 0.6 is 0 Å². The number of carbonyl (C=O) groups excluding carboxylic acids is 1. The predicted octanol–water partition coefficient (Wildman–Crippen LogP) is -0.0177. The third kappa shape index (κ3) is 2.94. The third-order valence-electron chi connectivity index (χ3n) is 1.58. The lowest BCUT2D eigenvalue weighted by Gasteiger charge is -2.11. The molecule has 1 aromatic rings. The maximum Gasteiger partial charge on any atom is 0.324 e. The van der Waals surface area contributed by atoms with Crippen LogP contribution in [0.4, 0.5) is 10.7 Å². The van der Waals surface area contributed by atoms with Crippen LogP contribution in [0.1, 0.15) is 0 Å². The number of nitrogens with one attached hydrogen (secondary N) is 1. The molecule has 1 aromatic heterocycles. The van der Waals surface area contributed by atoms with E-state index in [1.807, 2.05) is 0 Å². The van der Waals surface area contributed by atoms with Gasteiger partial charge in [0.15, 0.2) is 0 Å². The van der Waals surface area contributed by atoms with Crippen LogP contribution in [-0.4, -0.2) is 54.2 Å². The minimum Gasteiger partial charge on any atom is -0.467 e. The highest BCUT2D eigenvalue weighted by Gasteiger charge is 2.10. The van der Waals surface area contributed by atoms with Crippen molar-refractivity contribution in [2.24, 2.45) is 0 Å². The summed E-state index contributed by atoms with van der Waals surface area (Å²) in [7, 11) is 6.02. The number of hydrogen-bond acceptors (Lipinski definition) is 6. The van der Waals surface area contributed by atoms with Crippen molar-refractivity contribution in [3.05, 3.63) is 0 Å². The van der Waals surface area contributed by atoms with Crippen molar-refractivity contribution in [3.63, 3.8) is 0 Å². The maximum absolute atomic E-state index is 11.3. The van der Waals surface area contributed by atoms with Gasteiger partial charge >= 0.3 is 18.1 Å². The smallest absolute Gasteiger partial charge is 0.324 e. The minimum atomic E-state index is -0.352. The fourth-order valence-electron chi connectivity index (χ4n) is 0.784. The molecule has 0 aromatic carbocycles. The normalized spacial score (nSPS) is 9.50. The molecule has 1 N–H and O–H groups in total. The standard InChI is InChI=1S/C8H13N5O3/c1-13(2)8(14)11-5-9-6(15-3)12-7(10-5)16-4/h1-4H3,(H,9,10,11,12,14). The zero-order chi connectivity index (χ0) is 12.1. The van der Waals surface area contributed by atoms with E-state index in [-0.39, 0.29) is 24.0 Å². The monoisotopic (exact) mass is 227 g/mol. The molecule has 0 aliphatic rings. The number of anilines is 1. The second-order valence-corrected chi connectivity index (χ2v) is 2.96. The molecule has 0 bridgehead atoms. The van der Waals surface area contributed by atoms with Crippen molar-refractivity contribution in [1.82, 2.24) is 19.9 Å². The zero-order valence-electron chi connectivity index (χ0n) is 9.51. The van der Waals surface area contributed by atoms with Gasteiger partial charge in [-0.25, -0.2) is 4.79 Å². The number of urea groups is 1. The molecule has 8 nitrogen and oxygen atoms in total. The van der Waals surface area contributed by atoms with E-state index in [0.717, 1.165) is 0 Å². The topological polar surface area (TPSA) is 89.5 Å². The van der Waals surface area contributed by atoms with Gasteiger partial charge in [-0.3, -0.25) is 5.32 Å². The van der Waals surface area contributed by atoms with Crippen molar-refractivity contribution in [3.8, 4) is 12.0 Å². The first kappa shape index (κ1) is 12.0. The molecule has 0 unspecified atom stereocenters. The number of hydrogen-bond donors (Lipinski definition) is 1. The van der Waals surface area contributed by atoms with Crippen LogP contribution in [0.5, 0.6) is 12.0 Å². The molecule has 0 aliphatic heterocycles. The van der Waals surface area contributed by atoms with Gasteiger partial charge in [0.2, 0.25) is 5.95 Å². The number of aromatic nitrogens is 3. The zero-order valence-corrected chi connectivity index (χ0v) is 9.51. The number of ether oxygens (including phenoxy) is 2. The summed E-state index contributed by atoms with van der Waals surface area (Å²) in [5.74, 6) is 0.0717. The van der Waals surface area contributed by atoms with E-state index in [1.54, 1.807) is 14.1 Å². The lowest BCUT2D eigenvalue weighted by Crippen LogP contribution is -2.28. The van der Waals surface area contributed by atoms with Gasteiger partial charge in [0.1, 0.15) is 0 Å². The highest BCUT2D eigenvalue weighted by Crippen LogP contribution is 2.11. The highest BCUT2D eigenvalue weighted by atomic mass is 16.5. The Labute approximate surface area is 92.6 Å². The predicted molar refractivity (Wildman–Crippen MR) is 55.6 cm³/mol. The fraction of sp³-hybridized carbons (Fsp3) is 0.500. The van der Waals surface area contributed by atoms with Crippen molar-refractivity contribution in [2.75, 3.05) is 33.6 Å². The Kier molecular flexibility index (Phi) is 3.81. The average molecular weight is 227 g/mol. The summed E-state index contributed by atoms with van der Waals surface area (Å²) in [4.78, 5) is 24.2. The number of nitrogens with zero attached hydrogens (tertiary/aromatic N) is 4. The van der Waals surface area contributed by atoms with E-state index in [4.69, 9.17) is 9.47 Å². The van der Waals surface area contributed by atoms with Gasteiger partial charge in [0.05, 0.1) is 14.2 Å². The van der Waals surface area contributed by atoms with Crippen LogP contribution in [0.3, 0.4) is 0 Å². The highest BCUT2D eigenvalue weighted by molar-refractivity contribution is 5.86. The fourth-order valence-corrected chi connectivity index (χ4v) is 0.784. The van der Waals surface area contributed by atoms with Crippen LogP contribution in [0, 0.1) is 0 Å². The summed E-state index contributed by atoms with van der Waals surface area (Å²) in [6, 6.07) is -0.211. The molecule has 0 saturated carbocycles. The minimum absolute atomic E-state index is 0.0703. The first-order chi connectivity index (χ1) is 7.56. The third-order valence-corrected chi connectivity index (χ3v) is 1.58. The summed E-state index contributed by atoms with van der Waals surface area (Å²) in [5.41, 5.74) is 0. The van der Waals surface area contributed by atoms with E-state index >= 15 is 0 Å². The second kappa shape index (κ2) is 5.10. The van der Waals surface area contributed by atoms with Crippen LogP contribution < -0.4 is 14.8 Å². The Morgan fingerprint density at radius 2 is 1.62 bits per heavy atom. The Balaban J connectivity index is 2.91. The van der Waals surface area contributed by atoms with Gasteiger partial charge in [0, 0.05) is 14.1 Å². The Bertz CT molecular complexity index is 360. The summed E-state index contributed by atoms with van der Waals surface area (Å²) in [6.07, 6.45) is 0. The molecule has 88 valence electrons.